The SMILES string of the molecule is Cc1noc([C@@]23COC[C@@H]2CN(C(=O)C2=CCCCC2)C3)n1. The molecule has 4 rings (SSSR count). The molecule has 2 atom stereocenters. The van der Waals surface area contributed by atoms with Gasteiger partial charge >= 0.3 is 0 Å². The molecule has 0 unspecified atom stereocenters. The molecule has 2 aliphatic heterocycles. The van der Waals surface area contributed by atoms with Crippen molar-refractivity contribution in [2.45, 2.75) is 38.0 Å². The van der Waals surface area contributed by atoms with E-state index in [2.05, 4.69) is 16.2 Å². The molecule has 0 N–H and O–H groups in total. The average Bonchev–Trinajstić information content (AvgIpc) is 3.20. The van der Waals surface area contributed by atoms with Gasteiger partial charge in [-0.25, -0.2) is 0 Å². The Morgan fingerprint density at radius 2 is 2.36 bits per heavy atom. The maximum Gasteiger partial charge on any atom is 0.249 e. The predicted molar refractivity (Wildman–Crippen MR) is 78.2 cm³/mol. The van der Waals surface area contributed by atoms with E-state index in [9.17, 15) is 4.79 Å². The predicted octanol–water partition coefficient (Wildman–Crippen LogP) is 1.60. The first-order valence-corrected chi connectivity index (χ1v) is 8.06. The minimum atomic E-state index is -0.313. The smallest absolute Gasteiger partial charge is 0.249 e. The minimum absolute atomic E-state index is 0.185. The lowest BCUT2D eigenvalue weighted by molar-refractivity contribution is -0.127. The largest absolute Gasteiger partial charge is 0.380 e. The van der Waals surface area contributed by atoms with Crippen molar-refractivity contribution in [2.75, 3.05) is 26.3 Å². The molecule has 6 nitrogen and oxygen atoms in total. The highest BCUT2D eigenvalue weighted by atomic mass is 16.5. The summed E-state index contributed by atoms with van der Waals surface area (Å²) in [5.41, 5.74) is 0.663. The van der Waals surface area contributed by atoms with E-state index < -0.39 is 0 Å². The zero-order valence-electron chi connectivity index (χ0n) is 12.9. The Hall–Kier alpha value is -1.69. The van der Waals surface area contributed by atoms with Gasteiger partial charge in [0.15, 0.2) is 5.82 Å². The molecule has 6 heteroatoms. The summed E-state index contributed by atoms with van der Waals surface area (Å²) >= 11 is 0. The van der Waals surface area contributed by atoms with Crippen molar-refractivity contribution in [2.24, 2.45) is 5.92 Å². The van der Waals surface area contributed by atoms with Crippen molar-refractivity contribution in [3.05, 3.63) is 23.4 Å². The number of rotatable bonds is 2. The molecule has 2 fully saturated rings. The zero-order chi connectivity index (χ0) is 15.2. The van der Waals surface area contributed by atoms with Crippen molar-refractivity contribution in [1.29, 1.82) is 0 Å². The monoisotopic (exact) mass is 303 g/mol. The maximum absolute atomic E-state index is 12.8. The van der Waals surface area contributed by atoms with Crippen LogP contribution < -0.4 is 0 Å². The number of likely N-dealkylation sites (tertiary alicyclic amines) is 1. The number of allylic oxidation sites excluding steroid dienone is 1. The lowest BCUT2D eigenvalue weighted by Crippen LogP contribution is -2.38. The summed E-state index contributed by atoms with van der Waals surface area (Å²) in [4.78, 5) is 19.1. The van der Waals surface area contributed by atoms with Crippen molar-refractivity contribution in [3.8, 4) is 0 Å². The molecule has 0 bridgehead atoms. The van der Waals surface area contributed by atoms with Crippen molar-refractivity contribution in [1.82, 2.24) is 15.0 Å². The summed E-state index contributed by atoms with van der Waals surface area (Å²) in [5.74, 6) is 1.69. The van der Waals surface area contributed by atoms with Crippen LogP contribution in [0.1, 0.15) is 37.4 Å². The molecule has 1 aliphatic carbocycles. The van der Waals surface area contributed by atoms with Gasteiger partial charge < -0.3 is 14.2 Å². The second-order valence-electron chi connectivity index (χ2n) is 6.68. The molecule has 1 aromatic heterocycles. The molecule has 3 aliphatic rings. The van der Waals surface area contributed by atoms with Gasteiger partial charge in [-0.3, -0.25) is 4.79 Å². The van der Waals surface area contributed by atoms with Gasteiger partial charge in [0.1, 0.15) is 0 Å². The molecule has 0 radical (unpaired) electrons. The number of fused-ring (bicyclic) bond motifs is 1. The lowest BCUT2D eigenvalue weighted by Gasteiger charge is -2.24. The number of carbonyl (C=O) groups excluding carboxylic acids is 1. The van der Waals surface area contributed by atoms with E-state index in [1.165, 1.54) is 6.42 Å². The number of aryl methyl sites for hydroxylation is 1. The van der Waals surface area contributed by atoms with Gasteiger partial charge in [0.2, 0.25) is 11.8 Å². The van der Waals surface area contributed by atoms with Crippen molar-refractivity contribution in [3.63, 3.8) is 0 Å². The second-order valence-corrected chi connectivity index (χ2v) is 6.68. The molecular weight excluding hydrogens is 282 g/mol. The zero-order valence-corrected chi connectivity index (χ0v) is 12.9. The van der Waals surface area contributed by atoms with Crippen LogP contribution in [0.5, 0.6) is 0 Å². The molecule has 0 saturated carbocycles. The number of ether oxygens (including phenoxy) is 1. The molecular formula is C16H21N3O3. The molecule has 2 saturated heterocycles. The fourth-order valence-electron chi connectivity index (χ4n) is 3.93. The number of carbonyl (C=O) groups is 1. The summed E-state index contributed by atoms with van der Waals surface area (Å²) in [7, 11) is 0. The topological polar surface area (TPSA) is 68.5 Å². The Labute approximate surface area is 129 Å². The van der Waals surface area contributed by atoms with Gasteiger partial charge in [0.25, 0.3) is 0 Å². The van der Waals surface area contributed by atoms with Gasteiger partial charge in [0.05, 0.1) is 18.6 Å². The highest BCUT2D eigenvalue weighted by molar-refractivity contribution is 5.93. The first kappa shape index (κ1) is 13.9. The van der Waals surface area contributed by atoms with Crippen LogP contribution in [-0.4, -0.2) is 47.3 Å². The molecule has 118 valence electrons. The fraction of sp³-hybridized carbons (Fsp3) is 0.688. The van der Waals surface area contributed by atoms with Crippen molar-refractivity contribution >= 4 is 5.91 Å². The van der Waals surface area contributed by atoms with Crippen LogP contribution in [-0.2, 0) is 14.9 Å². The van der Waals surface area contributed by atoms with Gasteiger partial charge in [-0.1, -0.05) is 11.2 Å². The Morgan fingerprint density at radius 3 is 3.09 bits per heavy atom. The number of amides is 1. The molecule has 1 amide bonds. The van der Waals surface area contributed by atoms with Crippen LogP contribution >= 0.6 is 0 Å². The number of hydrogen-bond acceptors (Lipinski definition) is 5. The molecule has 0 spiro atoms. The third-order valence-corrected chi connectivity index (χ3v) is 5.18. The molecule has 3 heterocycles. The van der Waals surface area contributed by atoms with Gasteiger partial charge in [0, 0.05) is 24.6 Å². The Balaban J connectivity index is 1.59. The van der Waals surface area contributed by atoms with Crippen LogP contribution in [0.25, 0.3) is 0 Å². The summed E-state index contributed by atoms with van der Waals surface area (Å²) in [5, 5.41) is 3.92. The van der Waals surface area contributed by atoms with Crippen molar-refractivity contribution < 1.29 is 14.1 Å². The average molecular weight is 303 g/mol. The normalized spacial score (nSPS) is 31.2. The highest BCUT2D eigenvalue weighted by Gasteiger charge is 2.56. The van der Waals surface area contributed by atoms with E-state index in [4.69, 9.17) is 9.26 Å². The Morgan fingerprint density at radius 1 is 1.45 bits per heavy atom. The Kier molecular flexibility index (Phi) is 3.29. The Bertz CT molecular complexity index is 624. The van der Waals surface area contributed by atoms with E-state index in [-0.39, 0.29) is 17.2 Å². The second kappa shape index (κ2) is 5.19. The van der Waals surface area contributed by atoms with Crippen LogP contribution in [0.2, 0.25) is 0 Å². The number of aromatic nitrogens is 2. The minimum Gasteiger partial charge on any atom is -0.380 e. The quantitative estimate of drug-likeness (QED) is 0.830. The van der Waals surface area contributed by atoms with E-state index in [0.717, 1.165) is 31.4 Å². The third-order valence-electron chi connectivity index (χ3n) is 5.18. The van der Waals surface area contributed by atoms with Crippen LogP contribution in [0.4, 0.5) is 0 Å². The van der Waals surface area contributed by atoms with Crippen LogP contribution in [0.3, 0.4) is 0 Å². The number of hydrogen-bond donors (Lipinski definition) is 0. The first-order chi connectivity index (χ1) is 10.7. The van der Waals surface area contributed by atoms with Gasteiger partial charge in [-0.15, -0.1) is 0 Å². The van der Waals surface area contributed by atoms with E-state index in [0.29, 0.717) is 31.5 Å². The maximum atomic E-state index is 12.8. The van der Waals surface area contributed by atoms with Crippen LogP contribution in [0.15, 0.2) is 16.2 Å². The molecule has 1 aromatic rings. The third kappa shape index (κ3) is 2.08. The molecule has 22 heavy (non-hydrogen) atoms. The number of nitrogens with zero attached hydrogens (tertiary/aromatic N) is 3. The summed E-state index contributed by atoms with van der Waals surface area (Å²) in [6.45, 7) is 4.37. The summed E-state index contributed by atoms with van der Waals surface area (Å²) < 4.78 is 11.1. The van der Waals surface area contributed by atoms with E-state index >= 15 is 0 Å². The standard InChI is InChI=1S/C16H21N3O3/c1-11-17-15(22-18-11)16-9-19(7-13(16)8-21-10-16)14(20)12-5-3-2-4-6-12/h5,13H,2-4,6-10H2,1H3/t13-,16-/m0/s1. The summed E-state index contributed by atoms with van der Waals surface area (Å²) in [6.07, 6.45) is 6.35. The van der Waals surface area contributed by atoms with E-state index in [1.807, 2.05) is 11.8 Å². The summed E-state index contributed by atoms with van der Waals surface area (Å²) in [6, 6.07) is 0. The highest BCUT2D eigenvalue weighted by Crippen LogP contribution is 2.43. The first-order valence-electron chi connectivity index (χ1n) is 8.06. The molecule has 0 aromatic carbocycles. The fourth-order valence-corrected chi connectivity index (χ4v) is 3.93. The lowest BCUT2D eigenvalue weighted by atomic mass is 9.81. The van der Waals surface area contributed by atoms with Gasteiger partial charge in [-0.2, -0.15) is 4.98 Å². The van der Waals surface area contributed by atoms with Gasteiger partial charge in [-0.05, 0) is 32.6 Å². The van der Waals surface area contributed by atoms with E-state index in [1.54, 1.807) is 0 Å². The van der Waals surface area contributed by atoms with Crippen LogP contribution in [0, 0.1) is 12.8 Å².